The second-order valence-electron chi connectivity index (χ2n) is 6.03. The lowest BCUT2D eigenvalue weighted by atomic mass is 9.85. The fourth-order valence-electron chi connectivity index (χ4n) is 3.10. The Bertz CT molecular complexity index is 440. The molecule has 1 saturated heterocycles. The monoisotopic (exact) mass is 277 g/mol. The largest absolute Gasteiger partial charge is 0.388 e. The number of nitrogens with one attached hydrogen (secondary N) is 1. The van der Waals surface area contributed by atoms with Gasteiger partial charge in [0.15, 0.2) is 0 Å². The van der Waals surface area contributed by atoms with Crippen LogP contribution in [-0.4, -0.2) is 40.4 Å². The van der Waals surface area contributed by atoms with E-state index in [-0.39, 0.29) is 0 Å². The average Bonchev–Trinajstić information content (AvgIpc) is 3.01. The van der Waals surface area contributed by atoms with Crippen LogP contribution in [0.5, 0.6) is 0 Å². The number of aromatic nitrogens is 2. The van der Waals surface area contributed by atoms with E-state index in [9.17, 15) is 5.11 Å². The highest BCUT2D eigenvalue weighted by molar-refractivity contribution is 5.36. The van der Waals surface area contributed by atoms with E-state index in [2.05, 4.69) is 15.3 Å². The van der Waals surface area contributed by atoms with Crippen molar-refractivity contribution >= 4 is 5.82 Å². The van der Waals surface area contributed by atoms with Crippen molar-refractivity contribution in [2.24, 2.45) is 0 Å². The van der Waals surface area contributed by atoms with E-state index in [1.807, 2.05) is 6.07 Å². The second-order valence-corrected chi connectivity index (χ2v) is 6.03. The second kappa shape index (κ2) is 6.06. The van der Waals surface area contributed by atoms with Crippen LogP contribution in [0, 0.1) is 0 Å². The molecule has 1 aromatic rings. The average molecular weight is 277 g/mol. The molecule has 1 atom stereocenters. The maximum absolute atomic E-state index is 10.5. The molecule has 5 nitrogen and oxygen atoms in total. The topological polar surface area (TPSA) is 67.3 Å². The highest BCUT2D eigenvalue weighted by Gasteiger charge is 2.29. The summed E-state index contributed by atoms with van der Waals surface area (Å²) in [5.74, 6) is 1.19. The van der Waals surface area contributed by atoms with Gasteiger partial charge in [0, 0.05) is 25.1 Å². The van der Waals surface area contributed by atoms with E-state index in [4.69, 9.17) is 4.74 Å². The summed E-state index contributed by atoms with van der Waals surface area (Å²) in [4.78, 5) is 8.59. The minimum absolute atomic E-state index is 0.385. The van der Waals surface area contributed by atoms with Gasteiger partial charge in [-0.2, -0.15) is 0 Å². The van der Waals surface area contributed by atoms with E-state index < -0.39 is 5.60 Å². The van der Waals surface area contributed by atoms with Crippen molar-refractivity contribution in [3.63, 3.8) is 0 Å². The lowest BCUT2D eigenvalue weighted by molar-refractivity contribution is 0.0166. The number of hydrogen-bond acceptors (Lipinski definition) is 5. The molecule has 1 saturated carbocycles. The maximum atomic E-state index is 10.5. The third kappa shape index (κ3) is 3.27. The van der Waals surface area contributed by atoms with Crippen LogP contribution in [0.15, 0.2) is 12.4 Å². The standard InChI is InChI=1S/C15H23N3O2/c19-15(5-2-1-3-6-15)10-16-14-8-13(17-11-18-14)12-4-7-20-9-12/h8,11-12,19H,1-7,9-10H2,(H,16,17,18)/t12-/m0/s1. The molecular weight excluding hydrogens is 254 g/mol. The van der Waals surface area contributed by atoms with Crippen LogP contribution >= 0.6 is 0 Å². The van der Waals surface area contributed by atoms with Gasteiger partial charge >= 0.3 is 0 Å². The lowest BCUT2D eigenvalue weighted by Gasteiger charge is -2.32. The van der Waals surface area contributed by atoms with Crippen LogP contribution < -0.4 is 5.32 Å². The molecule has 2 fully saturated rings. The molecule has 1 aliphatic carbocycles. The molecule has 3 rings (SSSR count). The van der Waals surface area contributed by atoms with Crippen molar-refractivity contribution in [1.29, 1.82) is 0 Å². The number of rotatable bonds is 4. The number of nitrogens with zero attached hydrogens (tertiary/aromatic N) is 2. The van der Waals surface area contributed by atoms with Crippen LogP contribution in [-0.2, 0) is 4.74 Å². The minimum atomic E-state index is -0.570. The van der Waals surface area contributed by atoms with Gasteiger partial charge in [0.05, 0.1) is 17.9 Å². The normalized spacial score (nSPS) is 25.6. The third-order valence-electron chi connectivity index (χ3n) is 4.42. The molecule has 20 heavy (non-hydrogen) atoms. The van der Waals surface area contributed by atoms with Gasteiger partial charge in [-0.05, 0) is 19.3 Å². The van der Waals surface area contributed by atoms with E-state index >= 15 is 0 Å². The van der Waals surface area contributed by atoms with Crippen LogP contribution in [0.4, 0.5) is 5.82 Å². The van der Waals surface area contributed by atoms with Gasteiger partial charge in [-0.15, -0.1) is 0 Å². The first kappa shape index (κ1) is 13.8. The lowest BCUT2D eigenvalue weighted by Crippen LogP contribution is -2.38. The molecule has 1 aromatic heterocycles. The van der Waals surface area contributed by atoms with Gasteiger partial charge in [-0.1, -0.05) is 19.3 Å². The van der Waals surface area contributed by atoms with Crippen molar-refractivity contribution < 1.29 is 9.84 Å². The SMILES string of the molecule is OC1(CNc2cc([C@H]3CCOC3)ncn2)CCCCC1. The molecule has 110 valence electrons. The minimum Gasteiger partial charge on any atom is -0.388 e. The zero-order chi connectivity index (χ0) is 13.8. The van der Waals surface area contributed by atoms with E-state index in [1.54, 1.807) is 6.33 Å². The van der Waals surface area contributed by atoms with Gasteiger partial charge in [-0.3, -0.25) is 0 Å². The molecule has 0 unspecified atom stereocenters. The first-order valence-corrected chi connectivity index (χ1v) is 7.61. The molecule has 0 bridgehead atoms. The van der Waals surface area contributed by atoms with Crippen molar-refractivity contribution in [3.8, 4) is 0 Å². The van der Waals surface area contributed by atoms with E-state index in [1.165, 1.54) is 6.42 Å². The molecular formula is C15H23N3O2. The van der Waals surface area contributed by atoms with E-state index in [0.29, 0.717) is 12.5 Å². The van der Waals surface area contributed by atoms with E-state index in [0.717, 1.165) is 56.8 Å². The summed E-state index contributed by atoms with van der Waals surface area (Å²) in [6, 6.07) is 1.99. The van der Waals surface area contributed by atoms with Crippen molar-refractivity contribution in [2.75, 3.05) is 25.1 Å². The van der Waals surface area contributed by atoms with Gasteiger partial charge < -0.3 is 15.2 Å². The first-order valence-electron chi connectivity index (χ1n) is 7.61. The predicted octanol–water partition coefficient (Wildman–Crippen LogP) is 2.09. The molecule has 2 aliphatic rings. The molecule has 0 aromatic carbocycles. The van der Waals surface area contributed by atoms with Crippen LogP contribution in [0.3, 0.4) is 0 Å². The highest BCUT2D eigenvalue weighted by atomic mass is 16.5. The Morgan fingerprint density at radius 3 is 2.90 bits per heavy atom. The summed E-state index contributed by atoms with van der Waals surface area (Å²) in [7, 11) is 0. The smallest absolute Gasteiger partial charge is 0.129 e. The summed E-state index contributed by atoms with van der Waals surface area (Å²) in [6.45, 7) is 2.14. The fraction of sp³-hybridized carbons (Fsp3) is 0.733. The summed E-state index contributed by atoms with van der Waals surface area (Å²) in [6.07, 6.45) is 7.87. The zero-order valence-electron chi connectivity index (χ0n) is 11.8. The van der Waals surface area contributed by atoms with Crippen LogP contribution in [0.2, 0.25) is 0 Å². The summed E-state index contributed by atoms with van der Waals surface area (Å²) >= 11 is 0. The van der Waals surface area contributed by atoms with Crippen LogP contribution in [0.1, 0.15) is 50.1 Å². The van der Waals surface area contributed by atoms with Gasteiger partial charge in [0.25, 0.3) is 0 Å². The first-order chi connectivity index (χ1) is 9.75. The Morgan fingerprint density at radius 1 is 1.30 bits per heavy atom. The number of aliphatic hydroxyl groups is 1. The quantitative estimate of drug-likeness (QED) is 0.882. The van der Waals surface area contributed by atoms with Crippen molar-refractivity contribution in [3.05, 3.63) is 18.1 Å². The Kier molecular flexibility index (Phi) is 4.17. The Labute approximate surface area is 119 Å². The van der Waals surface area contributed by atoms with Crippen molar-refractivity contribution in [2.45, 2.75) is 50.0 Å². The Morgan fingerprint density at radius 2 is 2.15 bits per heavy atom. The number of anilines is 1. The molecule has 1 aliphatic heterocycles. The molecule has 2 N–H and O–H groups in total. The maximum Gasteiger partial charge on any atom is 0.129 e. The van der Waals surface area contributed by atoms with Gasteiger partial charge in [-0.25, -0.2) is 9.97 Å². The fourth-order valence-corrected chi connectivity index (χ4v) is 3.10. The molecule has 2 heterocycles. The molecule has 0 radical (unpaired) electrons. The number of hydrogen-bond donors (Lipinski definition) is 2. The predicted molar refractivity (Wildman–Crippen MR) is 76.7 cm³/mol. The number of ether oxygens (including phenoxy) is 1. The van der Waals surface area contributed by atoms with Gasteiger partial charge in [0.2, 0.25) is 0 Å². The highest BCUT2D eigenvalue weighted by Crippen LogP contribution is 2.28. The summed E-state index contributed by atoms with van der Waals surface area (Å²) < 4.78 is 5.40. The molecule has 5 heteroatoms. The molecule has 0 spiro atoms. The summed E-state index contributed by atoms with van der Waals surface area (Å²) in [5, 5.41) is 13.8. The Hall–Kier alpha value is -1.20. The third-order valence-corrected chi connectivity index (χ3v) is 4.42. The Balaban J connectivity index is 1.60. The summed E-state index contributed by atoms with van der Waals surface area (Å²) in [5.41, 5.74) is 0.468. The zero-order valence-corrected chi connectivity index (χ0v) is 11.8. The van der Waals surface area contributed by atoms with Crippen LogP contribution in [0.25, 0.3) is 0 Å². The molecule has 0 amide bonds. The van der Waals surface area contributed by atoms with Crippen molar-refractivity contribution in [1.82, 2.24) is 9.97 Å². The van der Waals surface area contributed by atoms with Gasteiger partial charge in [0.1, 0.15) is 12.1 Å².